The average molecular weight is 285 g/mol. The number of para-hydroxylation sites is 1. The monoisotopic (exact) mass is 285 g/mol. The predicted molar refractivity (Wildman–Crippen MR) is 90.1 cm³/mol. The third-order valence-corrected chi connectivity index (χ3v) is 3.28. The van der Waals surface area contributed by atoms with Gasteiger partial charge in [-0.3, -0.25) is 4.57 Å². The van der Waals surface area contributed by atoms with Crippen LogP contribution in [0.1, 0.15) is 46.7 Å². The summed E-state index contributed by atoms with van der Waals surface area (Å²) in [5.74, 6) is 0.910. The van der Waals surface area contributed by atoms with Crippen molar-refractivity contribution in [1.29, 1.82) is 0 Å². The molecule has 0 saturated carbocycles. The van der Waals surface area contributed by atoms with E-state index in [1.807, 2.05) is 13.0 Å². The third-order valence-electron chi connectivity index (χ3n) is 3.28. The van der Waals surface area contributed by atoms with Crippen molar-refractivity contribution < 1.29 is 0 Å². The second kappa shape index (κ2) is 5.55. The van der Waals surface area contributed by atoms with Crippen molar-refractivity contribution in [3.05, 3.63) is 42.2 Å². The Morgan fingerprint density at radius 3 is 2.24 bits per heavy atom. The molecular weight excluding hydrogens is 258 g/mol. The van der Waals surface area contributed by atoms with Gasteiger partial charge in [0.25, 0.3) is 0 Å². The lowest BCUT2D eigenvalue weighted by atomic mass is 9.82. The van der Waals surface area contributed by atoms with E-state index in [0.717, 1.165) is 23.8 Å². The van der Waals surface area contributed by atoms with Crippen molar-refractivity contribution in [3.63, 3.8) is 0 Å². The molecule has 1 aromatic heterocycles. The highest BCUT2D eigenvalue weighted by atomic mass is 15.2. The molecule has 0 aliphatic carbocycles. The molecule has 1 N–H and O–H groups in total. The van der Waals surface area contributed by atoms with Crippen LogP contribution in [0, 0.1) is 12.3 Å². The van der Waals surface area contributed by atoms with Crippen LogP contribution in [-0.2, 0) is 0 Å². The molecule has 2 rings (SSSR count). The summed E-state index contributed by atoms with van der Waals surface area (Å²) in [5, 5.41) is 3.61. The summed E-state index contributed by atoms with van der Waals surface area (Å²) in [6.07, 6.45) is 3.14. The van der Waals surface area contributed by atoms with Crippen LogP contribution in [0.5, 0.6) is 0 Å². The van der Waals surface area contributed by atoms with E-state index in [-0.39, 0.29) is 11.0 Å². The van der Waals surface area contributed by atoms with Crippen molar-refractivity contribution in [1.82, 2.24) is 9.55 Å². The van der Waals surface area contributed by atoms with E-state index in [2.05, 4.69) is 79.9 Å². The van der Waals surface area contributed by atoms with Gasteiger partial charge in [0, 0.05) is 17.4 Å². The molecule has 114 valence electrons. The van der Waals surface area contributed by atoms with Gasteiger partial charge in [-0.25, -0.2) is 4.98 Å². The topological polar surface area (TPSA) is 29.9 Å². The Kier molecular flexibility index (Phi) is 4.13. The molecule has 0 saturated heterocycles. The van der Waals surface area contributed by atoms with Gasteiger partial charge in [0.2, 0.25) is 5.95 Å². The van der Waals surface area contributed by atoms with E-state index < -0.39 is 0 Å². The standard InChI is InChI=1S/C18H27N3/c1-14-12-21(15-10-8-7-9-11-15)16(19-14)20-18(5,6)13-17(2,3)4/h7-12H,13H2,1-6H3,(H,19,20). The van der Waals surface area contributed by atoms with Crippen LogP contribution in [0.25, 0.3) is 5.69 Å². The first-order valence-electron chi connectivity index (χ1n) is 7.56. The fraction of sp³-hybridized carbons (Fsp3) is 0.500. The summed E-state index contributed by atoms with van der Waals surface area (Å²) in [5.41, 5.74) is 2.42. The highest BCUT2D eigenvalue weighted by Crippen LogP contribution is 2.30. The maximum absolute atomic E-state index is 4.65. The smallest absolute Gasteiger partial charge is 0.208 e. The van der Waals surface area contributed by atoms with Gasteiger partial charge >= 0.3 is 0 Å². The lowest BCUT2D eigenvalue weighted by Crippen LogP contribution is -2.36. The highest BCUT2D eigenvalue weighted by Gasteiger charge is 2.26. The van der Waals surface area contributed by atoms with Crippen molar-refractivity contribution >= 4 is 5.95 Å². The van der Waals surface area contributed by atoms with Gasteiger partial charge < -0.3 is 5.32 Å². The number of anilines is 1. The second-order valence-electron chi connectivity index (χ2n) is 7.66. The number of imidazole rings is 1. The van der Waals surface area contributed by atoms with E-state index in [9.17, 15) is 0 Å². The number of hydrogen-bond donors (Lipinski definition) is 1. The van der Waals surface area contributed by atoms with E-state index >= 15 is 0 Å². The van der Waals surface area contributed by atoms with Crippen LogP contribution < -0.4 is 5.32 Å². The van der Waals surface area contributed by atoms with Crippen molar-refractivity contribution in [3.8, 4) is 5.69 Å². The van der Waals surface area contributed by atoms with Gasteiger partial charge in [-0.15, -0.1) is 0 Å². The number of hydrogen-bond acceptors (Lipinski definition) is 2. The summed E-state index contributed by atoms with van der Waals surface area (Å²) in [6, 6.07) is 10.3. The fourth-order valence-electron chi connectivity index (χ4n) is 3.04. The molecule has 21 heavy (non-hydrogen) atoms. The zero-order chi connectivity index (χ0) is 15.7. The first-order valence-corrected chi connectivity index (χ1v) is 7.56. The number of benzene rings is 1. The molecule has 0 atom stereocenters. The molecule has 0 bridgehead atoms. The minimum atomic E-state index is -0.0113. The van der Waals surface area contributed by atoms with E-state index in [0.29, 0.717) is 0 Å². The van der Waals surface area contributed by atoms with Crippen LogP contribution in [-0.4, -0.2) is 15.1 Å². The summed E-state index contributed by atoms with van der Waals surface area (Å²) in [4.78, 5) is 4.65. The largest absolute Gasteiger partial charge is 0.350 e. The molecule has 0 radical (unpaired) electrons. The summed E-state index contributed by atoms with van der Waals surface area (Å²) in [7, 11) is 0. The Hall–Kier alpha value is -1.77. The first kappa shape index (κ1) is 15.6. The summed E-state index contributed by atoms with van der Waals surface area (Å²) < 4.78 is 2.12. The van der Waals surface area contributed by atoms with Crippen LogP contribution in [0.3, 0.4) is 0 Å². The van der Waals surface area contributed by atoms with E-state index in [1.165, 1.54) is 0 Å². The quantitative estimate of drug-likeness (QED) is 0.874. The zero-order valence-corrected chi connectivity index (χ0v) is 14.1. The Bertz CT molecular complexity index is 589. The highest BCUT2D eigenvalue weighted by molar-refractivity contribution is 5.44. The first-order chi connectivity index (χ1) is 9.66. The average Bonchev–Trinajstić information content (AvgIpc) is 2.67. The number of aromatic nitrogens is 2. The second-order valence-corrected chi connectivity index (χ2v) is 7.66. The Morgan fingerprint density at radius 1 is 1.05 bits per heavy atom. The Balaban J connectivity index is 2.29. The third kappa shape index (κ3) is 4.35. The maximum atomic E-state index is 4.65. The van der Waals surface area contributed by atoms with E-state index in [4.69, 9.17) is 0 Å². The van der Waals surface area contributed by atoms with Gasteiger partial charge in [0.1, 0.15) is 0 Å². The number of nitrogens with one attached hydrogen (secondary N) is 1. The predicted octanol–water partition coefficient (Wildman–Crippen LogP) is 4.81. The summed E-state index contributed by atoms with van der Waals surface area (Å²) >= 11 is 0. The molecule has 3 heteroatoms. The Labute approximate surface area is 128 Å². The zero-order valence-electron chi connectivity index (χ0n) is 14.1. The number of rotatable bonds is 4. The van der Waals surface area contributed by atoms with Gasteiger partial charge in [-0.05, 0) is 44.7 Å². The SMILES string of the molecule is Cc1cn(-c2ccccc2)c(NC(C)(C)CC(C)(C)C)n1. The molecule has 0 fully saturated rings. The van der Waals surface area contributed by atoms with Crippen LogP contribution in [0.2, 0.25) is 0 Å². The molecular formula is C18H27N3. The van der Waals surface area contributed by atoms with Gasteiger partial charge in [0.15, 0.2) is 0 Å². The fourth-order valence-corrected chi connectivity index (χ4v) is 3.04. The van der Waals surface area contributed by atoms with Crippen LogP contribution in [0.4, 0.5) is 5.95 Å². The molecule has 1 heterocycles. The minimum Gasteiger partial charge on any atom is -0.350 e. The molecule has 1 aromatic carbocycles. The molecule has 0 spiro atoms. The number of nitrogens with zero attached hydrogens (tertiary/aromatic N) is 2. The normalized spacial score (nSPS) is 12.5. The molecule has 2 aromatic rings. The Morgan fingerprint density at radius 2 is 1.67 bits per heavy atom. The minimum absolute atomic E-state index is 0.0113. The summed E-state index contributed by atoms with van der Waals surface area (Å²) in [6.45, 7) is 13.3. The van der Waals surface area contributed by atoms with Crippen molar-refractivity contribution in [2.75, 3.05) is 5.32 Å². The lowest BCUT2D eigenvalue weighted by molar-refractivity contribution is 0.301. The van der Waals surface area contributed by atoms with Crippen LogP contribution >= 0.6 is 0 Å². The molecule has 0 amide bonds. The van der Waals surface area contributed by atoms with Crippen molar-refractivity contribution in [2.45, 2.75) is 53.5 Å². The van der Waals surface area contributed by atoms with Crippen molar-refractivity contribution in [2.24, 2.45) is 5.41 Å². The molecule has 0 aliphatic rings. The van der Waals surface area contributed by atoms with Gasteiger partial charge in [-0.1, -0.05) is 39.0 Å². The lowest BCUT2D eigenvalue weighted by Gasteiger charge is -2.33. The molecule has 0 unspecified atom stereocenters. The molecule has 3 nitrogen and oxygen atoms in total. The number of aryl methyl sites for hydroxylation is 1. The molecule has 0 aliphatic heterocycles. The van der Waals surface area contributed by atoms with Gasteiger partial charge in [0.05, 0.1) is 5.69 Å². The maximum Gasteiger partial charge on any atom is 0.208 e. The van der Waals surface area contributed by atoms with Crippen LogP contribution in [0.15, 0.2) is 36.5 Å². The van der Waals surface area contributed by atoms with E-state index in [1.54, 1.807) is 0 Å². The van der Waals surface area contributed by atoms with Gasteiger partial charge in [-0.2, -0.15) is 0 Å².